The highest BCUT2D eigenvalue weighted by Crippen LogP contribution is 2.20. The molecular formula is C23H23N3O2. The highest BCUT2D eigenvalue weighted by molar-refractivity contribution is 6.39. The molecule has 3 aromatic rings. The number of anilines is 2. The van der Waals surface area contributed by atoms with E-state index in [1.165, 1.54) is 4.90 Å². The van der Waals surface area contributed by atoms with E-state index in [0.717, 1.165) is 16.7 Å². The lowest BCUT2D eigenvalue weighted by Gasteiger charge is -2.23. The molecule has 0 aliphatic rings. The molecule has 0 unspecified atom stereocenters. The molecule has 0 aliphatic carbocycles. The van der Waals surface area contributed by atoms with Crippen molar-refractivity contribution in [2.24, 2.45) is 0 Å². The van der Waals surface area contributed by atoms with Crippen LogP contribution >= 0.6 is 0 Å². The van der Waals surface area contributed by atoms with Crippen molar-refractivity contribution in [2.75, 3.05) is 11.1 Å². The van der Waals surface area contributed by atoms with Crippen LogP contribution in [0.5, 0.6) is 0 Å². The number of nitrogen functional groups attached to an aromatic ring is 1. The molecule has 0 aliphatic heterocycles. The Morgan fingerprint density at radius 1 is 0.857 bits per heavy atom. The first kappa shape index (κ1) is 19.2. The largest absolute Gasteiger partial charge is 0.397 e. The summed E-state index contributed by atoms with van der Waals surface area (Å²) in [4.78, 5) is 27.1. The van der Waals surface area contributed by atoms with Gasteiger partial charge in [0, 0.05) is 13.1 Å². The smallest absolute Gasteiger partial charge is 0.313 e. The summed E-state index contributed by atoms with van der Waals surface area (Å²) in [6.07, 6.45) is 0. The molecular weight excluding hydrogens is 350 g/mol. The van der Waals surface area contributed by atoms with Crippen LogP contribution in [0.15, 0.2) is 78.9 Å². The van der Waals surface area contributed by atoms with Gasteiger partial charge in [-0.05, 0) is 35.7 Å². The first-order valence-electron chi connectivity index (χ1n) is 9.07. The van der Waals surface area contributed by atoms with Crippen LogP contribution in [0.4, 0.5) is 11.4 Å². The van der Waals surface area contributed by atoms with Crippen LogP contribution in [0.2, 0.25) is 0 Å². The molecule has 5 heteroatoms. The lowest BCUT2D eigenvalue weighted by atomic mass is 10.1. The summed E-state index contributed by atoms with van der Waals surface area (Å²) in [6.45, 7) is 2.57. The third-order valence-corrected chi connectivity index (χ3v) is 4.37. The van der Waals surface area contributed by atoms with E-state index in [2.05, 4.69) is 5.32 Å². The third kappa shape index (κ3) is 4.98. The fourth-order valence-corrected chi connectivity index (χ4v) is 2.90. The molecule has 0 radical (unpaired) electrons. The Hall–Kier alpha value is -3.60. The van der Waals surface area contributed by atoms with Crippen molar-refractivity contribution >= 4 is 23.2 Å². The van der Waals surface area contributed by atoms with Crippen LogP contribution in [-0.2, 0) is 22.7 Å². The summed E-state index contributed by atoms with van der Waals surface area (Å²) in [5.74, 6) is -1.31. The number of carbonyl (C=O) groups is 2. The van der Waals surface area contributed by atoms with Crippen molar-refractivity contribution in [3.63, 3.8) is 0 Å². The summed E-state index contributed by atoms with van der Waals surface area (Å²) in [5.41, 5.74) is 9.64. The van der Waals surface area contributed by atoms with Gasteiger partial charge < -0.3 is 16.0 Å². The quantitative estimate of drug-likeness (QED) is 0.528. The zero-order valence-electron chi connectivity index (χ0n) is 15.8. The van der Waals surface area contributed by atoms with E-state index in [0.29, 0.717) is 24.5 Å². The fourth-order valence-electron chi connectivity index (χ4n) is 2.90. The van der Waals surface area contributed by atoms with E-state index in [1.807, 2.05) is 73.7 Å². The molecule has 3 rings (SSSR count). The number of nitrogens with one attached hydrogen (secondary N) is 1. The molecule has 28 heavy (non-hydrogen) atoms. The molecule has 3 aromatic carbocycles. The predicted octanol–water partition coefficient (Wildman–Crippen LogP) is 3.74. The number of benzene rings is 3. The molecule has 0 saturated carbocycles. The number of rotatable bonds is 5. The maximum absolute atomic E-state index is 12.9. The second-order valence-electron chi connectivity index (χ2n) is 6.68. The summed E-state index contributed by atoms with van der Waals surface area (Å²) in [5, 5.41) is 2.65. The highest BCUT2D eigenvalue weighted by atomic mass is 16.2. The molecule has 0 heterocycles. The Morgan fingerprint density at radius 2 is 1.39 bits per heavy atom. The third-order valence-electron chi connectivity index (χ3n) is 4.37. The van der Waals surface area contributed by atoms with Crippen molar-refractivity contribution in [3.05, 3.63) is 95.6 Å². The molecule has 2 amide bonds. The van der Waals surface area contributed by atoms with E-state index in [9.17, 15) is 9.59 Å². The first-order valence-corrected chi connectivity index (χ1v) is 9.07. The highest BCUT2D eigenvalue weighted by Gasteiger charge is 2.23. The molecule has 0 saturated heterocycles. The Bertz CT molecular complexity index is 915. The molecule has 0 fully saturated rings. The average Bonchev–Trinajstić information content (AvgIpc) is 2.71. The van der Waals surface area contributed by atoms with Gasteiger partial charge in [-0.15, -0.1) is 0 Å². The van der Waals surface area contributed by atoms with Crippen LogP contribution in [-0.4, -0.2) is 16.7 Å². The minimum Gasteiger partial charge on any atom is -0.397 e. The molecule has 5 nitrogen and oxygen atoms in total. The molecule has 3 N–H and O–H groups in total. The van der Waals surface area contributed by atoms with Crippen LogP contribution < -0.4 is 11.1 Å². The summed E-state index contributed by atoms with van der Waals surface area (Å²) in [7, 11) is 0. The molecule has 0 bridgehead atoms. The van der Waals surface area contributed by atoms with Gasteiger partial charge in [-0.1, -0.05) is 66.7 Å². The minimum absolute atomic E-state index is 0.339. The SMILES string of the molecule is Cc1ccc(N)c(NC(=O)C(=O)N(Cc2ccccc2)Cc2ccccc2)c1. The second-order valence-corrected chi connectivity index (χ2v) is 6.68. The van der Waals surface area contributed by atoms with Gasteiger partial charge in [0.2, 0.25) is 0 Å². The van der Waals surface area contributed by atoms with Gasteiger partial charge in [-0.3, -0.25) is 9.59 Å². The Kier molecular flexibility index (Phi) is 6.07. The number of nitrogens with zero attached hydrogens (tertiary/aromatic N) is 1. The minimum atomic E-state index is -0.704. The number of nitrogens with two attached hydrogens (primary N) is 1. The first-order chi connectivity index (χ1) is 13.5. The van der Waals surface area contributed by atoms with Crippen LogP contribution in [0.3, 0.4) is 0 Å². The van der Waals surface area contributed by atoms with Gasteiger partial charge >= 0.3 is 11.8 Å². The predicted molar refractivity (Wildman–Crippen MR) is 111 cm³/mol. The Balaban J connectivity index is 1.80. The van der Waals surface area contributed by atoms with Crippen molar-refractivity contribution in [3.8, 4) is 0 Å². The maximum Gasteiger partial charge on any atom is 0.313 e. The van der Waals surface area contributed by atoms with Gasteiger partial charge in [-0.25, -0.2) is 0 Å². The normalized spacial score (nSPS) is 10.3. The summed E-state index contributed by atoms with van der Waals surface area (Å²) >= 11 is 0. The lowest BCUT2D eigenvalue weighted by Crippen LogP contribution is -2.39. The second kappa shape index (κ2) is 8.86. The van der Waals surface area contributed by atoms with Crippen LogP contribution in [0, 0.1) is 6.92 Å². The standard InChI is InChI=1S/C23H23N3O2/c1-17-12-13-20(24)21(14-17)25-22(27)23(28)26(15-18-8-4-2-5-9-18)16-19-10-6-3-7-11-19/h2-14H,15-16,24H2,1H3,(H,25,27). The topological polar surface area (TPSA) is 75.4 Å². The maximum atomic E-state index is 12.9. The van der Waals surface area contributed by atoms with Gasteiger partial charge in [0.15, 0.2) is 0 Å². The average molecular weight is 373 g/mol. The molecule has 0 spiro atoms. The van der Waals surface area contributed by atoms with Crippen molar-refractivity contribution in [1.29, 1.82) is 0 Å². The number of carbonyl (C=O) groups excluding carboxylic acids is 2. The molecule has 0 aromatic heterocycles. The molecule has 142 valence electrons. The van der Waals surface area contributed by atoms with Gasteiger partial charge in [0.25, 0.3) is 0 Å². The zero-order valence-corrected chi connectivity index (χ0v) is 15.8. The zero-order chi connectivity index (χ0) is 19.9. The number of aryl methyl sites for hydroxylation is 1. The Labute approximate surface area is 164 Å². The summed E-state index contributed by atoms with van der Waals surface area (Å²) in [6, 6.07) is 24.5. The summed E-state index contributed by atoms with van der Waals surface area (Å²) < 4.78 is 0. The van der Waals surface area contributed by atoms with Gasteiger partial charge in [0.1, 0.15) is 0 Å². The monoisotopic (exact) mass is 373 g/mol. The Morgan fingerprint density at radius 3 is 1.93 bits per heavy atom. The van der Waals surface area contributed by atoms with E-state index in [1.54, 1.807) is 12.1 Å². The van der Waals surface area contributed by atoms with Gasteiger partial charge in [-0.2, -0.15) is 0 Å². The van der Waals surface area contributed by atoms with Crippen LogP contribution in [0.25, 0.3) is 0 Å². The van der Waals surface area contributed by atoms with Crippen LogP contribution in [0.1, 0.15) is 16.7 Å². The number of hydrogen-bond donors (Lipinski definition) is 2. The van der Waals surface area contributed by atoms with Crippen molar-refractivity contribution in [2.45, 2.75) is 20.0 Å². The van der Waals surface area contributed by atoms with E-state index in [4.69, 9.17) is 5.73 Å². The van der Waals surface area contributed by atoms with Crippen molar-refractivity contribution < 1.29 is 9.59 Å². The van der Waals surface area contributed by atoms with E-state index in [-0.39, 0.29) is 0 Å². The number of amides is 2. The lowest BCUT2D eigenvalue weighted by molar-refractivity contribution is -0.144. The van der Waals surface area contributed by atoms with Crippen molar-refractivity contribution in [1.82, 2.24) is 4.90 Å². The van der Waals surface area contributed by atoms with E-state index < -0.39 is 11.8 Å². The van der Waals surface area contributed by atoms with E-state index >= 15 is 0 Å². The number of hydrogen-bond acceptors (Lipinski definition) is 3. The molecule has 0 atom stereocenters. The fraction of sp³-hybridized carbons (Fsp3) is 0.130. The van der Waals surface area contributed by atoms with Gasteiger partial charge in [0.05, 0.1) is 11.4 Å².